The largest absolute Gasteiger partial charge is 0.361 e. The molecule has 3 aromatic heterocycles. The molecule has 0 fully saturated rings. The van der Waals surface area contributed by atoms with Gasteiger partial charge < -0.3 is 4.52 Å². The van der Waals surface area contributed by atoms with Crippen LogP contribution in [0.2, 0.25) is 0 Å². The van der Waals surface area contributed by atoms with Crippen LogP contribution in [0.15, 0.2) is 47.4 Å². The Morgan fingerprint density at radius 3 is 2.84 bits per heavy atom. The van der Waals surface area contributed by atoms with Crippen molar-refractivity contribution in [2.75, 3.05) is 13.1 Å². The molecule has 1 aliphatic heterocycles. The molecule has 0 unspecified atom stereocenters. The molecule has 0 atom stereocenters. The van der Waals surface area contributed by atoms with Gasteiger partial charge in [0.15, 0.2) is 5.82 Å². The summed E-state index contributed by atoms with van der Waals surface area (Å²) in [7, 11) is 0. The third-order valence-electron chi connectivity index (χ3n) is 4.69. The van der Waals surface area contributed by atoms with E-state index in [1.807, 2.05) is 42.9 Å². The molecular formula is C19H21N5O. The molecular weight excluding hydrogens is 314 g/mol. The molecule has 6 nitrogen and oxygen atoms in total. The molecule has 0 amide bonds. The number of hydrogen-bond acceptors (Lipinski definition) is 5. The summed E-state index contributed by atoms with van der Waals surface area (Å²) >= 11 is 0. The Bertz CT molecular complexity index is 874. The van der Waals surface area contributed by atoms with Crippen molar-refractivity contribution >= 4 is 5.57 Å². The first-order chi connectivity index (χ1) is 12.2. The SMILES string of the molecule is Cc1noc(C)c1CN1CC=C(c2cnn(-c3ccccn3)c2)CC1. The van der Waals surface area contributed by atoms with E-state index in [4.69, 9.17) is 4.52 Å². The summed E-state index contributed by atoms with van der Waals surface area (Å²) in [5.41, 5.74) is 4.71. The summed E-state index contributed by atoms with van der Waals surface area (Å²) in [6.07, 6.45) is 9.06. The van der Waals surface area contributed by atoms with Gasteiger partial charge in [-0.05, 0) is 38.0 Å². The first kappa shape index (κ1) is 15.8. The fourth-order valence-electron chi connectivity index (χ4n) is 3.17. The van der Waals surface area contributed by atoms with Crippen LogP contribution in [0.3, 0.4) is 0 Å². The molecule has 0 spiro atoms. The van der Waals surface area contributed by atoms with Gasteiger partial charge in [0, 0.05) is 43.2 Å². The second kappa shape index (κ2) is 6.64. The van der Waals surface area contributed by atoms with Crippen LogP contribution in [0.1, 0.15) is 29.0 Å². The number of nitrogens with zero attached hydrogens (tertiary/aromatic N) is 5. The molecule has 0 radical (unpaired) electrons. The summed E-state index contributed by atoms with van der Waals surface area (Å²) in [5.74, 6) is 1.76. The number of aryl methyl sites for hydroxylation is 2. The van der Waals surface area contributed by atoms with Crippen LogP contribution in [0.4, 0.5) is 0 Å². The molecule has 0 saturated carbocycles. The monoisotopic (exact) mass is 335 g/mol. The van der Waals surface area contributed by atoms with Crippen LogP contribution in [-0.4, -0.2) is 37.9 Å². The molecule has 0 saturated heterocycles. The lowest BCUT2D eigenvalue weighted by Crippen LogP contribution is -2.28. The van der Waals surface area contributed by atoms with Gasteiger partial charge in [0.1, 0.15) is 5.76 Å². The van der Waals surface area contributed by atoms with Crippen LogP contribution in [0, 0.1) is 13.8 Å². The van der Waals surface area contributed by atoms with Crippen LogP contribution in [-0.2, 0) is 6.54 Å². The van der Waals surface area contributed by atoms with Crippen LogP contribution in [0.5, 0.6) is 0 Å². The lowest BCUT2D eigenvalue weighted by Gasteiger charge is -2.25. The van der Waals surface area contributed by atoms with E-state index >= 15 is 0 Å². The van der Waals surface area contributed by atoms with E-state index in [9.17, 15) is 0 Å². The van der Waals surface area contributed by atoms with Crippen molar-refractivity contribution in [2.45, 2.75) is 26.8 Å². The number of pyridine rings is 1. The van der Waals surface area contributed by atoms with E-state index in [0.29, 0.717) is 0 Å². The molecule has 0 bridgehead atoms. The summed E-state index contributed by atoms with van der Waals surface area (Å²) in [5, 5.41) is 8.49. The lowest BCUT2D eigenvalue weighted by molar-refractivity contribution is 0.291. The van der Waals surface area contributed by atoms with Gasteiger partial charge in [-0.3, -0.25) is 4.90 Å². The molecule has 0 aromatic carbocycles. The highest BCUT2D eigenvalue weighted by Crippen LogP contribution is 2.24. The van der Waals surface area contributed by atoms with Gasteiger partial charge in [-0.1, -0.05) is 17.3 Å². The highest BCUT2D eigenvalue weighted by atomic mass is 16.5. The minimum absolute atomic E-state index is 0.838. The maximum atomic E-state index is 5.26. The quantitative estimate of drug-likeness (QED) is 0.733. The maximum absolute atomic E-state index is 5.26. The average molecular weight is 335 g/mol. The fraction of sp³-hybridized carbons (Fsp3) is 0.316. The van der Waals surface area contributed by atoms with Crippen molar-refractivity contribution < 1.29 is 4.52 Å². The third kappa shape index (κ3) is 3.25. The van der Waals surface area contributed by atoms with E-state index in [2.05, 4.69) is 32.4 Å². The van der Waals surface area contributed by atoms with Gasteiger partial charge in [-0.25, -0.2) is 9.67 Å². The Morgan fingerprint density at radius 2 is 2.16 bits per heavy atom. The molecule has 6 heteroatoms. The second-order valence-electron chi connectivity index (χ2n) is 6.38. The summed E-state index contributed by atoms with van der Waals surface area (Å²) in [4.78, 5) is 6.75. The van der Waals surface area contributed by atoms with Crippen molar-refractivity contribution in [3.05, 3.63) is 65.4 Å². The number of aromatic nitrogens is 4. The Labute approximate surface area is 146 Å². The van der Waals surface area contributed by atoms with Crippen molar-refractivity contribution in [1.82, 2.24) is 24.8 Å². The topological polar surface area (TPSA) is 60.0 Å². The van der Waals surface area contributed by atoms with E-state index < -0.39 is 0 Å². The van der Waals surface area contributed by atoms with Crippen molar-refractivity contribution in [3.8, 4) is 5.82 Å². The van der Waals surface area contributed by atoms with Gasteiger partial charge in [0.2, 0.25) is 0 Å². The molecule has 4 rings (SSSR count). The van der Waals surface area contributed by atoms with E-state index in [1.54, 1.807) is 6.20 Å². The average Bonchev–Trinajstić information content (AvgIpc) is 3.26. The molecule has 0 aliphatic carbocycles. The van der Waals surface area contributed by atoms with E-state index in [0.717, 1.165) is 43.3 Å². The van der Waals surface area contributed by atoms with Crippen molar-refractivity contribution in [2.24, 2.45) is 0 Å². The highest BCUT2D eigenvalue weighted by Gasteiger charge is 2.18. The highest BCUT2D eigenvalue weighted by molar-refractivity contribution is 5.65. The smallest absolute Gasteiger partial charge is 0.153 e. The third-order valence-corrected chi connectivity index (χ3v) is 4.69. The standard InChI is InChI=1S/C19H21N5O/c1-14-18(15(2)25-22-14)13-23-9-6-16(7-10-23)17-11-21-24(12-17)19-5-3-4-8-20-19/h3-6,8,11-12H,7,9-10,13H2,1-2H3. The molecule has 25 heavy (non-hydrogen) atoms. The van der Waals surface area contributed by atoms with Gasteiger partial charge in [-0.15, -0.1) is 0 Å². The zero-order valence-corrected chi connectivity index (χ0v) is 14.5. The van der Waals surface area contributed by atoms with E-state index in [-0.39, 0.29) is 0 Å². The number of hydrogen-bond donors (Lipinski definition) is 0. The molecule has 3 aromatic rings. The summed E-state index contributed by atoms with van der Waals surface area (Å²) in [6, 6.07) is 5.83. The summed E-state index contributed by atoms with van der Waals surface area (Å²) in [6.45, 7) is 6.81. The predicted molar refractivity (Wildman–Crippen MR) is 95.2 cm³/mol. The van der Waals surface area contributed by atoms with Gasteiger partial charge in [0.05, 0.1) is 11.9 Å². The minimum atomic E-state index is 0.838. The zero-order valence-electron chi connectivity index (χ0n) is 14.5. The molecule has 4 heterocycles. The Hall–Kier alpha value is -2.73. The van der Waals surface area contributed by atoms with Crippen LogP contribution < -0.4 is 0 Å². The Kier molecular flexibility index (Phi) is 4.19. The fourth-order valence-corrected chi connectivity index (χ4v) is 3.17. The first-order valence-electron chi connectivity index (χ1n) is 8.50. The zero-order chi connectivity index (χ0) is 17.2. The maximum Gasteiger partial charge on any atom is 0.153 e. The summed E-state index contributed by atoms with van der Waals surface area (Å²) < 4.78 is 7.09. The van der Waals surface area contributed by atoms with Gasteiger partial charge in [-0.2, -0.15) is 5.10 Å². The predicted octanol–water partition coefficient (Wildman–Crippen LogP) is 3.16. The normalized spacial score (nSPS) is 15.4. The first-order valence-corrected chi connectivity index (χ1v) is 8.50. The molecule has 0 N–H and O–H groups in total. The lowest BCUT2D eigenvalue weighted by atomic mass is 10.0. The minimum Gasteiger partial charge on any atom is -0.361 e. The van der Waals surface area contributed by atoms with Crippen LogP contribution in [0.25, 0.3) is 11.4 Å². The van der Waals surface area contributed by atoms with Crippen LogP contribution >= 0.6 is 0 Å². The Balaban J connectivity index is 1.45. The molecule has 128 valence electrons. The van der Waals surface area contributed by atoms with Gasteiger partial charge in [0.25, 0.3) is 0 Å². The van der Waals surface area contributed by atoms with Gasteiger partial charge >= 0.3 is 0 Å². The number of rotatable bonds is 4. The Morgan fingerprint density at radius 1 is 1.24 bits per heavy atom. The van der Waals surface area contributed by atoms with Crippen molar-refractivity contribution in [3.63, 3.8) is 0 Å². The second-order valence-corrected chi connectivity index (χ2v) is 6.38. The molecule has 1 aliphatic rings. The van der Waals surface area contributed by atoms with Crippen molar-refractivity contribution in [1.29, 1.82) is 0 Å². The van der Waals surface area contributed by atoms with E-state index in [1.165, 1.54) is 16.7 Å².